The van der Waals surface area contributed by atoms with E-state index < -0.39 is 0 Å². The zero-order valence-corrected chi connectivity index (χ0v) is 11.7. The third kappa shape index (κ3) is 3.10. The number of ether oxygens (including phenoxy) is 1. The summed E-state index contributed by atoms with van der Waals surface area (Å²) >= 11 is 3.39. The van der Waals surface area contributed by atoms with Crippen molar-refractivity contribution >= 4 is 27.8 Å². The van der Waals surface area contributed by atoms with Gasteiger partial charge in [0.05, 0.1) is 6.61 Å². The summed E-state index contributed by atoms with van der Waals surface area (Å²) < 4.78 is 6.44. The molecule has 0 spiro atoms. The van der Waals surface area contributed by atoms with Gasteiger partial charge in [-0.15, -0.1) is 0 Å². The first-order chi connectivity index (χ1) is 8.74. The number of halogens is 1. The summed E-state index contributed by atoms with van der Waals surface area (Å²) in [5, 5.41) is 20.0. The predicted octanol–water partition coefficient (Wildman–Crippen LogP) is 2.88. The normalized spacial score (nSPS) is 19.6. The number of benzene rings is 1. The molecule has 3 N–H and O–H groups in total. The van der Waals surface area contributed by atoms with Crippen molar-refractivity contribution in [2.45, 2.75) is 32.1 Å². The minimum absolute atomic E-state index is 0.00479. The molecule has 1 unspecified atom stereocenters. The molecule has 0 amide bonds. The van der Waals surface area contributed by atoms with Gasteiger partial charge in [0.2, 0.25) is 0 Å². The highest BCUT2D eigenvalue weighted by atomic mass is 79.9. The van der Waals surface area contributed by atoms with E-state index in [1.807, 2.05) is 12.1 Å². The van der Waals surface area contributed by atoms with Crippen LogP contribution in [0.15, 0.2) is 16.6 Å². The van der Waals surface area contributed by atoms with Crippen LogP contribution in [-0.4, -0.2) is 24.2 Å². The van der Waals surface area contributed by atoms with Crippen molar-refractivity contribution in [1.82, 2.24) is 0 Å². The molecule has 4 nitrogen and oxygen atoms in total. The Labute approximate surface area is 115 Å². The zero-order chi connectivity index (χ0) is 13.0. The second-order valence-corrected chi connectivity index (χ2v) is 5.19. The van der Waals surface area contributed by atoms with Crippen molar-refractivity contribution in [2.75, 3.05) is 11.9 Å². The predicted molar refractivity (Wildman–Crippen MR) is 75.2 cm³/mol. The van der Waals surface area contributed by atoms with Gasteiger partial charge in [0, 0.05) is 28.5 Å². The molecule has 1 aliphatic rings. The van der Waals surface area contributed by atoms with Gasteiger partial charge >= 0.3 is 0 Å². The van der Waals surface area contributed by atoms with E-state index in [9.17, 15) is 5.11 Å². The fraction of sp³-hybridized carbons (Fsp3) is 0.462. The van der Waals surface area contributed by atoms with Gasteiger partial charge in [-0.25, -0.2) is 0 Å². The lowest BCUT2D eigenvalue weighted by Gasteiger charge is -2.25. The SMILES string of the molecule is N=Cc1cc(Br)c(CO)cc1NC1CCCCO1. The van der Waals surface area contributed by atoms with Crippen LogP contribution in [0.3, 0.4) is 0 Å². The van der Waals surface area contributed by atoms with Crippen LogP contribution in [0.5, 0.6) is 0 Å². The van der Waals surface area contributed by atoms with Crippen molar-refractivity contribution in [3.8, 4) is 0 Å². The molecule has 18 heavy (non-hydrogen) atoms. The fourth-order valence-corrected chi connectivity index (χ4v) is 2.51. The van der Waals surface area contributed by atoms with Crippen LogP contribution in [-0.2, 0) is 11.3 Å². The second kappa shape index (κ2) is 6.31. The fourth-order valence-electron chi connectivity index (χ4n) is 2.03. The molecule has 2 rings (SSSR count). The van der Waals surface area contributed by atoms with Gasteiger partial charge in [-0.3, -0.25) is 0 Å². The van der Waals surface area contributed by atoms with Crippen LogP contribution in [0.4, 0.5) is 5.69 Å². The number of aliphatic hydroxyl groups is 1. The van der Waals surface area contributed by atoms with Gasteiger partial charge < -0.3 is 20.6 Å². The van der Waals surface area contributed by atoms with E-state index in [4.69, 9.17) is 10.1 Å². The third-order valence-corrected chi connectivity index (χ3v) is 3.78. The van der Waals surface area contributed by atoms with Crippen molar-refractivity contribution in [1.29, 1.82) is 5.41 Å². The van der Waals surface area contributed by atoms with Crippen LogP contribution < -0.4 is 5.32 Å². The van der Waals surface area contributed by atoms with Gasteiger partial charge in [0.1, 0.15) is 6.23 Å². The Morgan fingerprint density at radius 1 is 1.50 bits per heavy atom. The maximum atomic E-state index is 9.27. The monoisotopic (exact) mass is 312 g/mol. The van der Waals surface area contributed by atoms with E-state index in [1.54, 1.807) is 0 Å². The number of rotatable bonds is 4. The molecular weight excluding hydrogens is 296 g/mol. The van der Waals surface area contributed by atoms with Crippen molar-refractivity contribution in [3.05, 3.63) is 27.7 Å². The van der Waals surface area contributed by atoms with Crippen molar-refractivity contribution in [2.24, 2.45) is 0 Å². The third-order valence-electron chi connectivity index (χ3n) is 3.04. The summed E-state index contributed by atoms with van der Waals surface area (Å²) in [5.74, 6) is 0. The van der Waals surface area contributed by atoms with Crippen LogP contribution in [0.2, 0.25) is 0 Å². The summed E-state index contributed by atoms with van der Waals surface area (Å²) in [6, 6.07) is 3.70. The van der Waals surface area contributed by atoms with Gasteiger partial charge in [-0.05, 0) is 37.0 Å². The topological polar surface area (TPSA) is 65.3 Å². The average molecular weight is 313 g/mol. The molecule has 1 aromatic rings. The van der Waals surface area contributed by atoms with Crippen LogP contribution in [0, 0.1) is 5.41 Å². The molecule has 0 aromatic heterocycles. The van der Waals surface area contributed by atoms with Gasteiger partial charge in [0.15, 0.2) is 0 Å². The Kier molecular flexibility index (Phi) is 4.74. The standard InChI is InChI=1S/C13H17BrN2O2/c14-11-5-9(7-15)12(6-10(11)8-17)16-13-3-1-2-4-18-13/h5-7,13,15-17H,1-4,8H2. The molecule has 1 heterocycles. The lowest BCUT2D eigenvalue weighted by atomic mass is 10.1. The van der Waals surface area contributed by atoms with Crippen LogP contribution >= 0.6 is 15.9 Å². The Balaban J connectivity index is 2.21. The lowest BCUT2D eigenvalue weighted by molar-refractivity contribution is 0.0343. The maximum absolute atomic E-state index is 9.27. The smallest absolute Gasteiger partial charge is 0.127 e. The average Bonchev–Trinajstić information content (AvgIpc) is 2.41. The minimum atomic E-state index is -0.0287. The summed E-state index contributed by atoms with van der Waals surface area (Å²) in [4.78, 5) is 0. The lowest BCUT2D eigenvalue weighted by Crippen LogP contribution is -2.27. The van der Waals surface area contributed by atoms with Crippen molar-refractivity contribution < 1.29 is 9.84 Å². The largest absolute Gasteiger partial charge is 0.392 e. The minimum Gasteiger partial charge on any atom is -0.392 e. The molecule has 0 bridgehead atoms. The second-order valence-electron chi connectivity index (χ2n) is 4.33. The Bertz CT molecular complexity index is 431. The summed E-state index contributed by atoms with van der Waals surface area (Å²) in [6.45, 7) is 0.750. The van der Waals surface area contributed by atoms with E-state index in [0.29, 0.717) is 0 Å². The number of hydrogen-bond acceptors (Lipinski definition) is 4. The molecule has 0 aliphatic carbocycles. The highest BCUT2D eigenvalue weighted by Crippen LogP contribution is 2.26. The number of hydrogen-bond donors (Lipinski definition) is 3. The van der Waals surface area contributed by atoms with Crippen molar-refractivity contribution in [3.63, 3.8) is 0 Å². The quantitative estimate of drug-likeness (QED) is 0.749. The molecule has 0 radical (unpaired) electrons. The van der Waals surface area contributed by atoms with E-state index >= 15 is 0 Å². The summed E-state index contributed by atoms with van der Waals surface area (Å²) in [6.07, 6.45) is 4.54. The molecular formula is C13H17BrN2O2. The number of aliphatic hydroxyl groups excluding tert-OH is 1. The molecule has 0 saturated carbocycles. The molecule has 1 saturated heterocycles. The summed E-state index contributed by atoms with van der Waals surface area (Å²) in [5.41, 5.74) is 2.43. The van der Waals surface area contributed by atoms with Gasteiger partial charge in [-0.2, -0.15) is 0 Å². The first-order valence-electron chi connectivity index (χ1n) is 6.06. The Hall–Kier alpha value is -0.910. The Morgan fingerprint density at radius 2 is 2.33 bits per heavy atom. The van der Waals surface area contributed by atoms with Crippen LogP contribution in [0.1, 0.15) is 30.4 Å². The molecule has 1 atom stereocenters. The van der Waals surface area contributed by atoms with E-state index in [-0.39, 0.29) is 12.8 Å². The summed E-state index contributed by atoms with van der Waals surface area (Å²) in [7, 11) is 0. The highest BCUT2D eigenvalue weighted by Gasteiger charge is 2.15. The highest BCUT2D eigenvalue weighted by molar-refractivity contribution is 9.10. The Morgan fingerprint density at radius 3 is 2.94 bits per heavy atom. The zero-order valence-electron chi connectivity index (χ0n) is 10.1. The molecule has 5 heteroatoms. The van der Waals surface area contributed by atoms with Crippen LogP contribution in [0.25, 0.3) is 0 Å². The molecule has 98 valence electrons. The van der Waals surface area contributed by atoms with Gasteiger partial charge in [0.25, 0.3) is 0 Å². The number of anilines is 1. The first-order valence-corrected chi connectivity index (χ1v) is 6.86. The first kappa shape index (κ1) is 13.5. The molecule has 1 fully saturated rings. The molecule has 1 aliphatic heterocycles. The maximum Gasteiger partial charge on any atom is 0.127 e. The van der Waals surface area contributed by atoms with E-state index in [0.717, 1.165) is 47.2 Å². The van der Waals surface area contributed by atoms with E-state index in [2.05, 4.69) is 21.2 Å². The number of nitrogens with one attached hydrogen (secondary N) is 2. The van der Waals surface area contributed by atoms with E-state index in [1.165, 1.54) is 6.21 Å². The van der Waals surface area contributed by atoms with Gasteiger partial charge in [-0.1, -0.05) is 15.9 Å². The molecule has 1 aromatic carbocycles.